The van der Waals surface area contributed by atoms with Gasteiger partial charge in [-0.2, -0.15) is 26.3 Å². The quantitative estimate of drug-likeness (QED) is 0.716. The van der Waals surface area contributed by atoms with Crippen LogP contribution in [0.15, 0.2) is 24.3 Å². The lowest BCUT2D eigenvalue weighted by Gasteiger charge is -2.11. The SMILES string of the molecule is CCNCc1ccc(NS(=O)(=O)NCC(F)(F)F)cc1. The van der Waals surface area contributed by atoms with E-state index in [2.05, 4.69) is 5.32 Å². The van der Waals surface area contributed by atoms with E-state index in [0.717, 1.165) is 12.1 Å². The van der Waals surface area contributed by atoms with Gasteiger partial charge >= 0.3 is 6.18 Å². The number of rotatable bonds is 7. The van der Waals surface area contributed by atoms with Crippen LogP contribution < -0.4 is 14.8 Å². The van der Waals surface area contributed by atoms with Gasteiger partial charge in [-0.3, -0.25) is 4.72 Å². The molecule has 0 saturated carbocycles. The van der Waals surface area contributed by atoms with E-state index in [1.165, 1.54) is 16.9 Å². The van der Waals surface area contributed by atoms with Crippen molar-refractivity contribution in [1.82, 2.24) is 10.0 Å². The van der Waals surface area contributed by atoms with Gasteiger partial charge in [0.05, 0.1) is 0 Å². The van der Waals surface area contributed by atoms with Crippen LogP contribution in [0.4, 0.5) is 18.9 Å². The minimum Gasteiger partial charge on any atom is -0.313 e. The van der Waals surface area contributed by atoms with Crippen molar-refractivity contribution in [3.63, 3.8) is 0 Å². The fourth-order valence-corrected chi connectivity index (χ4v) is 2.20. The van der Waals surface area contributed by atoms with Crippen LogP contribution in [0.25, 0.3) is 0 Å². The van der Waals surface area contributed by atoms with Gasteiger partial charge in [0.15, 0.2) is 0 Å². The van der Waals surface area contributed by atoms with Gasteiger partial charge in [0.25, 0.3) is 10.2 Å². The van der Waals surface area contributed by atoms with Gasteiger partial charge < -0.3 is 5.32 Å². The van der Waals surface area contributed by atoms with Crippen molar-refractivity contribution < 1.29 is 21.6 Å². The number of hydrogen-bond donors (Lipinski definition) is 3. The highest BCUT2D eigenvalue weighted by molar-refractivity contribution is 7.90. The molecule has 1 rings (SSSR count). The monoisotopic (exact) mass is 311 g/mol. The van der Waals surface area contributed by atoms with Crippen LogP contribution in [-0.4, -0.2) is 27.7 Å². The van der Waals surface area contributed by atoms with Gasteiger partial charge in [-0.15, -0.1) is 0 Å². The molecular formula is C11H16F3N3O2S. The standard InChI is InChI=1S/C11H16F3N3O2S/c1-2-15-7-9-3-5-10(6-4-9)17-20(18,19)16-8-11(12,13)14/h3-6,15-17H,2,7-8H2,1H3. The highest BCUT2D eigenvalue weighted by Crippen LogP contribution is 2.14. The van der Waals surface area contributed by atoms with Gasteiger partial charge in [-0.1, -0.05) is 19.1 Å². The third kappa shape index (κ3) is 6.73. The predicted octanol–water partition coefficient (Wildman–Crippen LogP) is 1.60. The van der Waals surface area contributed by atoms with Crippen molar-refractivity contribution in [2.24, 2.45) is 0 Å². The molecule has 0 bridgehead atoms. The Morgan fingerprint density at radius 2 is 1.75 bits per heavy atom. The van der Waals surface area contributed by atoms with Crippen molar-refractivity contribution in [3.05, 3.63) is 29.8 Å². The van der Waals surface area contributed by atoms with Crippen LogP contribution in [0.5, 0.6) is 0 Å². The van der Waals surface area contributed by atoms with Gasteiger partial charge in [-0.25, -0.2) is 0 Å². The summed E-state index contributed by atoms with van der Waals surface area (Å²) in [4.78, 5) is 0. The van der Waals surface area contributed by atoms with E-state index >= 15 is 0 Å². The highest BCUT2D eigenvalue weighted by Gasteiger charge is 2.29. The molecule has 0 aliphatic rings. The van der Waals surface area contributed by atoms with E-state index in [1.54, 1.807) is 12.1 Å². The smallest absolute Gasteiger partial charge is 0.313 e. The molecule has 0 heterocycles. The molecule has 20 heavy (non-hydrogen) atoms. The minimum absolute atomic E-state index is 0.194. The van der Waals surface area contributed by atoms with Crippen LogP contribution in [0.3, 0.4) is 0 Å². The molecule has 0 unspecified atom stereocenters. The van der Waals surface area contributed by atoms with Crippen molar-refractivity contribution in [3.8, 4) is 0 Å². The van der Waals surface area contributed by atoms with Gasteiger partial charge in [0.2, 0.25) is 0 Å². The van der Waals surface area contributed by atoms with E-state index in [4.69, 9.17) is 0 Å². The first-order valence-corrected chi connectivity index (χ1v) is 7.34. The first kappa shape index (κ1) is 16.7. The van der Waals surface area contributed by atoms with Crippen molar-refractivity contribution in [2.45, 2.75) is 19.6 Å². The second-order valence-corrected chi connectivity index (χ2v) is 5.52. The van der Waals surface area contributed by atoms with Crippen molar-refractivity contribution in [1.29, 1.82) is 0 Å². The molecular weight excluding hydrogens is 295 g/mol. The molecule has 5 nitrogen and oxygen atoms in total. The molecule has 0 amide bonds. The topological polar surface area (TPSA) is 70.2 Å². The summed E-state index contributed by atoms with van der Waals surface area (Å²) < 4.78 is 62.0. The normalized spacial score (nSPS) is 12.4. The maximum absolute atomic E-state index is 11.9. The molecule has 0 spiro atoms. The molecule has 0 fully saturated rings. The zero-order valence-corrected chi connectivity index (χ0v) is 11.6. The number of halogens is 3. The summed E-state index contributed by atoms with van der Waals surface area (Å²) in [5, 5.41) is 3.09. The molecule has 0 radical (unpaired) electrons. The average molecular weight is 311 g/mol. The third-order valence-corrected chi connectivity index (χ3v) is 3.28. The van der Waals surface area contributed by atoms with Crippen molar-refractivity contribution >= 4 is 15.9 Å². The molecule has 0 aliphatic carbocycles. The summed E-state index contributed by atoms with van der Waals surface area (Å²) in [5.41, 5.74) is 1.14. The van der Waals surface area contributed by atoms with Crippen LogP contribution in [0.2, 0.25) is 0 Å². The Morgan fingerprint density at radius 1 is 1.15 bits per heavy atom. The first-order chi connectivity index (χ1) is 9.22. The molecule has 0 saturated heterocycles. The van der Waals surface area contributed by atoms with Crippen molar-refractivity contribution in [2.75, 3.05) is 17.8 Å². The summed E-state index contributed by atoms with van der Waals surface area (Å²) in [5.74, 6) is 0. The van der Waals surface area contributed by atoms with Gasteiger partial charge in [-0.05, 0) is 24.2 Å². The Labute approximate surface area is 115 Å². The summed E-state index contributed by atoms with van der Waals surface area (Å²) in [7, 11) is -4.23. The molecule has 1 aromatic carbocycles. The number of alkyl halides is 3. The number of benzene rings is 1. The first-order valence-electron chi connectivity index (χ1n) is 5.85. The molecule has 9 heteroatoms. The van der Waals surface area contributed by atoms with E-state index < -0.39 is 22.9 Å². The number of hydrogen-bond acceptors (Lipinski definition) is 3. The number of nitrogens with one attached hydrogen (secondary N) is 3. The van der Waals surface area contributed by atoms with Crippen LogP contribution in [0, 0.1) is 0 Å². The second kappa shape index (κ2) is 6.91. The minimum atomic E-state index is -4.59. The fraction of sp³-hybridized carbons (Fsp3) is 0.455. The fourth-order valence-electron chi connectivity index (χ4n) is 1.33. The lowest BCUT2D eigenvalue weighted by atomic mass is 10.2. The van der Waals surface area contributed by atoms with Gasteiger partial charge in [0, 0.05) is 12.2 Å². The van der Waals surface area contributed by atoms with E-state index in [1.807, 2.05) is 11.6 Å². The van der Waals surface area contributed by atoms with E-state index in [-0.39, 0.29) is 5.69 Å². The van der Waals surface area contributed by atoms with E-state index in [0.29, 0.717) is 6.54 Å². The molecule has 1 aromatic rings. The Kier molecular flexibility index (Phi) is 5.78. The summed E-state index contributed by atoms with van der Waals surface area (Å²) in [6.07, 6.45) is -4.59. The zero-order chi connectivity index (χ0) is 15.2. The molecule has 0 aromatic heterocycles. The Balaban J connectivity index is 2.59. The maximum atomic E-state index is 11.9. The average Bonchev–Trinajstić information content (AvgIpc) is 2.35. The summed E-state index contributed by atoms with van der Waals surface area (Å²) >= 11 is 0. The van der Waals surface area contributed by atoms with Crippen LogP contribution in [0.1, 0.15) is 12.5 Å². The van der Waals surface area contributed by atoms with Crippen LogP contribution in [-0.2, 0) is 16.8 Å². The second-order valence-electron chi connectivity index (χ2n) is 4.02. The molecule has 114 valence electrons. The molecule has 0 aliphatic heterocycles. The van der Waals surface area contributed by atoms with E-state index in [9.17, 15) is 21.6 Å². The Bertz CT molecular complexity index is 515. The highest BCUT2D eigenvalue weighted by atomic mass is 32.2. The Hall–Kier alpha value is -1.32. The van der Waals surface area contributed by atoms with Gasteiger partial charge in [0.1, 0.15) is 6.54 Å². The Morgan fingerprint density at radius 3 is 2.25 bits per heavy atom. The largest absolute Gasteiger partial charge is 0.402 e. The van der Waals surface area contributed by atoms with Crippen LogP contribution >= 0.6 is 0 Å². The lowest BCUT2D eigenvalue weighted by molar-refractivity contribution is -0.121. The molecule has 3 N–H and O–H groups in total. The summed E-state index contributed by atoms with van der Waals surface area (Å²) in [6, 6.07) is 6.34. The predicted molar refractivity (Wildman–Crippen MR) is 70.4 cm³/mol. The molecule has 0 atom stereocenters. The summed E-state index contributed by atoms with van der Waals surface area (Å²) in [6.45, 7) is 1.78. The third-order valence-electron chi connectivity index (χ3n) is 2.25. The number of anilines is 1. The zero-order valence-electron chi connectivity index (χ0n) is 10.8. The maximum Gasteiger partial charge on any atom is 0.402 e. The lowest BCUT2D eigenvalue weighted by Crippen LogP contribution is -2.37.